The molecule has 1 unspecified atom stereocenters. The zero-order valence-corrected chi connectivity index (χ0v) is 11.7. The molecule has 7 heteroatoms. The lowest BCUT2D eigenvalue weighted by Crippen LogP contribution is -2.24. The first-order chi connectivity index (χ1) is 7.99. The SMILES string of the molecule is C#CCCOCC(COCC=C)OP(=O)(Cl)Cl. The van der Waals surface area contributed by atoms with Gasteiger partial charge >= 0.3 is 6.07 Å². The maximum Gasteiger partial charge on any atom is 0.380 e. The molecule has 98 valence electrons. The van der Waals surface area contributed by atoms with Crippen molar-refractivity contribution in [1.29, 1.82) is 0 Å². The van der Waals surface area contributed by atoms with Crippen LogP contribution in [0.25, 0.3) is 0 Å². The van der Waals surface area contributed by atoms with Crippen molar-refractivity contribution in [3.63, 3.8) is 0 Å². The van der Waals surface area contributed by atoms with Crippen molar-refractivity contribution in [1.82, 2.24) is 0 Å². The standard InChI is InChI=1S/C10H15Cl2O4P/c1-3-5-7-15-9-10(8-14-6-4-2)16-17(11,12)13/h1,4,10H,2,5-9H2. The van der Waals surface area contributed by atoms with E-state index in [1.54, 1.807) is 6.08 Å². The van der Waals surface area contributed by atoms with Gasteiger partial charge in [-0.25, -0.2) is 0 Å². The van der Waals surface area contributed by atoms with Crippen LogP contribution < -0.4 is 0 Å². The molecule has 0 aromatic rings. The van der Waals surface area contributed by atoms with Gasteiger partial charge in [-0.15, -0.1) is 18.9 Å². The van der Waals surface area contributed by atoms with Gasteiger partial charge in [-0.1, -0.05) is 6.08 Å². The monoisotopic (exact) mass is 300 g/mol. The highest BCUT2D eigenvalue weighted by atomic mass is 35.9. The molecule has 1 atom stereocenters. The minimum Gasteiger partial charge on any atom is -0.378 e. The van der Waals surface area contributed by atoms with E-state index in [-0.39, 0.29) is 13.2 Å². The molecule has 0 fully saturated rings. The van der Waals surface area contributed by atoms with Crippen LogP contribution in [0.5, 0.6) is 0 Å². The van der Waals surface area contributed by atoms with E-state index in [0.29, 0.717) is 19.6 Å². The fourth-order valence-electron chi connectivity index (χ4n) is 0.911. The number of terminal acetylenes is 1. The second-order valence-corrected chi connectivity index (χ2v) is 7.23. The third-order valence-electron chi connectivity index (χ3n) is 1.51. The molecule has 0 aromatic heterocycles. The van der Waals surface area contributed by atoms with Crippen LogP contribution in [0.3, 0.4) is 0 Å². The summed E-state index contributed by atoms with van der Waals surface area (Å²) in [5.41, 5.74) is 0. The highest BCUT2D eigenvalue weighted by molar-refractivity contribution is 8.05. The van der Waals surface area contributed by atoms with Gasteiger partial charge in [0.15, 0.2) is 0 Å². The lowest BCUT2D eigenvalue weighted by molar-refractivity contribution is 0.00543. The fourth-order valence-corrected chi connectivity index (χ4v) is 2.06. The molecule has 0 N–H and O–H groups in total. The first-order valence-corrected chi connectivity index (χ1v) is 8.30. The molecule has 17 heavy (non-hydrogen) atoms. The maximum atomic E-state index is 11.1. The molecule has 0 saturated heterocycles. The summed E-state index contributed by atoms with van der Waals surface area (Å²) < 4.78 is 26.4. The van der Waals surface area contributed by atoms with Crippen molar-refractivity contribution in [2.75, 3.05) is 26.4 Å². The number of rotatable bonds is 10. The molecule has 4 nitrogen and oxygen atoms in total. The first-order valence-electron chi connectivity index (χ1n) is 4.87. The van der Waals surface area contributed by atoms with E-state index in [1.165, 1.54) is 0 Å². The van der Waals surface area contributed by atoms with Crippen LogP contribution >= 0.6 is 28.6 Å². The van der Waals surface area contributed by atoms with Crippen LogP contribution in [0, 0.1) is 12.3 Å². The third-order valence-corrected chi connectivity index (χ3v) is 2.53. The van der Waals surface area contributed by atoms with E-state index in [9.17, 15) is 4.57 Å². The average Bonchev–Trinajstić information content (AvgIpc) is 2.22. The van der Waals surface area contributed by atoms with Crippen LogP contribution in [-0.2, 0) is 18.6 Å². The van der Waals surface area contributed by atoms with Crippen molar-refractivity contribution >= 4 is 28.6 Å². The van der Waals surface area contributed by atoms with Crippen LogP contribution in [0.1, 0.15) is 6.42 Å². The molecule has 0 aliphatic rings. The zero-order chi connectivity index (χ0) is 13.1. The maximum absolute atomic E-state index is 11.1. The highest BCUT2D eigenvalue weighted by Gasteiger charge is 2.22. The quantitative estimate of drug-likeness (QED) is 0.269. The molecule has 0 aliphatic carbocycles. The van der Waals surface area contributed by atoms with Gasteiger partial charge in [0, 0.05) is 6.42 Å². The summed E-state index contributed by atoms with van der Waals surface area (Å²) in [5, 5.41) is 0. The Kier molecular flexibility index (Phi) is 9.96. The predicted molar refractivity (Wildman–Crippen MR) is 69.5 cm³/mol. The van der Waals surface area contributed by atoms with Crippen molar-refractivity contribution in [2.24, 2.45) is 0 Å². The summed E-state index contributed by atoms with van der Waals surface area (Å²) in [6, 6.07) is 0. The minimum absolute atomic E-state index is 0.155. The molecule has 0 radical (unpaired) electrons. The summed E-state index contributed by atoms with van der Waals surface area (Å²) >= 11 is 10.6. The third kappa shape index (κ3) is 12.2. The van der Waals surface area contributed by atoms with Gasteiger partial charge in [0.25, 0.3) is 0 Å². The second kappa shape index (κ2) is 9.96. The Hall–Kier alpha value is -0.0100. The summed E-state index contributed by atoms with van der Waals surface area (Å²) in [4.78, 5) is 0. The smallest absolute Gasteiger partial charge is 0.378 e. The zero-order valence-electron chi connectivity index (χ0n) is 9.31. The molecule has 0 aromatic carbocycles. The van der Waals surface area contributed by atoms with E-state index in [1.807, 2.05) is 0 Å². The number of hydrogen-bond donors (Lipinski definition) is 0. The van der Waals surface area contributed by atoms with Crippen LogP contribution in [0.4, 0.5) is 0 Å². The minimum atomic E-state index is -3.61. The van der Waals surface area contributed by atoms with E-state index >= 15 is 0 Å². The van der Waals surface area contributed by atoms with E-state index < -0.39 is 12.2 Å². The Bertz CT molecular complexity index is 297. The molecule has 0 spiro atoms. The molecule has 0 bridgehead atoms. The Morgan fingerprint density at radius 1 is 1.41 bits per heavy atom. The molecular formula is C10H15Cl2O4P. The summed E-state index contributed by atoms with van der Waals surface area (Å²) in [7, 11) is 0. The van der Waals surface area contributed by atoms with Crippen molar-refractivity contribution in [3.8, 4) is 12.3 Å². The number of hydrogen-bond acceptors (Lipinski definition) is 4. The lowest BCUT2D eigenvalue weighted by Gasteiger charge is -2.17. The topological polar surface area (TPSA) is 44.8 Å². The second-order valence-electron chi connectivity index (χ2n) is 3.00. The van der Waals surface area contributed by atoms with Crippen LogP contribution in [0.15, 0.2) is 12.7 Å². The molecule has 0 aliphatic heterocycles. The summed E-state index contributed by atoms with van der Waals surface area (Å²) in [5.74, 6) is 2.42. The van der Waals surface area contributed by atoms with Crippen molar-refractivity contribution in [3.05, 3.63) is 12.7 Å². The number of halogens is 2. The van der Waals surface area contributed by atoms with E-state index in [0.717, 1.165) is 0 Å². The van der Waals surface area contributed by atoms with Gasteiger partial charge in [0.2, 0.25) is 0 Å². The van der Waals surface area contributed by atoms with Gasteiger partial charge in [0.05, 0.1) is 26.4 Å². The van der Waals surface area contributed by atoms with Gasteiger partial charge in [-0.05, 0) is 22.5 Å². The van der Waals surface area contributed by atoms with Crippen molar-refractivity contribution in [2.45, 2.75) is 12.5 Å². The molecule has 0 amide bonds. The largest absolute Gasteiger partial charge is 0.380 e. The Balaban J connectivity index is 3.97. The normalized spacial score (nSPS) is 13.0. The molecule has 0 rings (SSSR count). The summed E-state index contributed by atoms with van der Waals surface area (Å²) in [6.45, 7) is 4.53. The van der Waals surface area contributed by atoms with Crippen LogP contribution in [0.2, 0.25) is 0 Å². The van der Waals surface area contributed by atoms with Crippen LogP contribution in [-0.4, -0.2) is 32.5 Å². The fraction of sp³-hybridized carbons (Fsp3) is 0.600. The van der Waals surface area contributed by atoms with E-state index in [2.05, 4.69) is 12.5 Å². The first kappa shape index (κ1) is 17.0. The highest BCUT2D eigenvalue weighted by Crippen LogP contribution is 2.58. The Morgan fingerprint density at radius 2 is 2.06 bits per heavy atom. The molecule has 0 saturated carbocycles. The average molecular weight is 301 g/mol. The summed E-state index contributed by atoms with van der Waals surface area (Å²) in [6.07, 6.45) is 2.92. The van der Waals surface area contributed by atoms with Crippen molar-refractivity contribution < 1.29 is 18.6 Å². The molecule has 0 heterocycles. The molecular weight excluding hydrogens is 286 g/mol. The van der Waals surface area contributed by atoms with Gasteiger partial charge in [-0.2, -0.15) is 0 Å². The van der Waals surface area contributed by atoms with Gasteiger partial charge in [0.1, 0.15) is 6.10 Å². The number of ether oxygens (including phenoxy) is 2. The Morgan fingerprint density at radius 3 is 2.59 bits per heavy atom. The van der Waals surface area contributed by atoms with Gasteiger partial charge in [-0.3, -0.25) is 9.09 Å². The Labute approximate surface area is 111 Å². The predicted octanol–water partition coefficient (Wildman–Crippen LogP) is 3.20. The lowest BCUT2D eigenvalue weighted by atomic mass is 10.4. The van der Waals surface area contributed by atoms with E-state index in [4.69, 9.17) is 42.9 Å². The van der Waals surface area contributed by atoms with Gasteiger partial charge < -0.3 is 9.47 Å².